The maximum absolute atomic E-state index is 12.2. The molecule has 0 spiro atoms. The molecule has 0 saturated carbocycles. The number of carbonyl (C=O) groups is 1. The van der Waals surface area contributed by atoms with E-state index in [2.05, 4.69) is 15.5 Å². The average Bonchev–Trinajstić information content (AvgIpc) is 2.62. The number of hydrazone groups is 1. The van der Waals surface area contributed by atoms with Gasteiger partial charge in [-0.2, -0.15) is 5.10 Å². The monoisotopic (exact) mass is 402 g/mol. The van der Waals surface area contributed by atoms with Crippen LogP contribution in [0, 0.1) is 0 Å². The van der Waals surface area contributed by atoms with E-state index in [1.54, 1.807) is 18.2 Å². The smallest absolute Gasteiger partial charge is 0.291 e. The van der Waals surface area contributed by atoms with Gasteiger partial charge in [0.1, 0.15) is 16.5 Å². The van der Waals surface area contributed by atoms with Gasteiger partial charge in [0.25, 0.3) is 5.91 Å². The number of nitrogens with zero attached hydrogens (tertiary/aromatic N) is 2. The van der Waals surface area contributed by atoms with E-state index in [0.29, 0.717) is 17.1 Å². The van der Waals surface area contributed by atoms with Crippen LogP contribution in [-0.2, 0) is 0 Å². The lowest BCUT2D eigenvalue weighted by Crippen LogP contribution is -2.20. The highest BCUT2D eigenvalue weighted by Gasteiger charge is 2.19. The lowest BCUT2D eigenvalue weighted by molar-refractivity contribution is 0.0950. The molecule has 25 heavy (non-hydrogen) atoms. The normalized spacial score (nSPS) is 10.8. The summed E-state index contributed by atoms with van der Waals surface area (Å²) in [7, 11) is 3.05. The lowest BCUT2D eigenvalue weighted by atomic mass is 10.2. The number of hydrogen-bond acceptors (Lipinski definition) is 6. The van der Waals surface area contributed by atoms with Gasteiger partial charge in [0.2, 0.25) is 0 Å². The van der Waals surface area contributed by atoms with Crippen LogP contribution in [0.25, 0.3) is 0 Å². The van der Waals surface area contributed by atoms with Crippen molar-refractivity contribution in [3.8, 4) is 11.5 Å². The van der Waals surface area contributed by atoms with Crippen molar-refractivity contribution in [2.24, 2.45) is 5.10 Å². The number of pyridine rings is 1. The van der Waals surface area contributed by atoms with E-state index < -0.39 is 5.91 Å². The van der Waals surface area contributed by atoms with Gasteiger partial charge in [-0.15, -0.1) is 0 Å². The number of nitrogen functional groups attached to an aromatic ring is 1. The number of ether oxygens (including phenoxy) is 2. The number of nitrogens with one attached hydrogen (secondary N) is 1. The third-order valence-corrected chi connectivity index (χ3v) is 4.23. The maximum Gasteiger partial charge on any atom is 0.291 e. The van der Waals surface area contributed by atoms with Crippen LogP contribution < -0.4 is 20.6 Å². The predicted molar refractivity (Wildman–Crippen MR) is 98.3 cm³/mol. The molecule has 10 heteroatoms. The highest BCUT2D eigenvalue weighted by molar-refractivity contribution is 6.46. The number of nitrogens with two attached hydrogens (primary N) is 1. The van der Waals surface area contributed by atoms with E-state index in [4.69, 9.17) is 50.0 Å². The lowest BCUT2D eigenvalue weighted by Gasteiger charge is -2.08. The van der Waals surface area contributed by atoms with Gasteiger partial charge in [-0.25, -0.2) is 10.4 Å². The van der Waals surface area contributed by atoms with Crippen LogP contribution in [0.1, 0.15) is 16.1 Å². The quantitative estimate of drug-likeness (QED) is 0.453. The molecule has 1 aromatic heterocycles. The Morgan fingerprint density at radius 2 is 1.96 bits per heavy atom. The Labute approximate surface area is 158 Å². The van der Waals surface area contributed by atoms with E-state index in [1.807, 2.05) is 0 Å². The minimum absolute atomic E-state index is 0.0205. The van der Waals surface area contributed by atoms with E-state index in [-0.39, 0.29) is 26.6 Å². The molecule has 7 nitrogen and oxygen atoms in total. The van der Waals surface area contributed by atoms with Gasteiger partial charge < -0.3 is 15.2 Å². The van der Waals surface area contributed by atoms with Crippen molar-refractivity contribution >= 4 is 52.6 Å². The van der Waals surface area contributed by atoms with Crippen molar-refractivity contribution < 1.29 is 14.3 Å². The molecule has 0 aliphatic carbocycles. The largest absolute Gasteiger partial charge is 0.497 e. The number of amides is 1. The Morgan fingerprint density at radius 1 is 1.24 bits per heavy atom. The van der Waals surface area contributed by atoms with Crippen molar-refractivity contribution in [1.82, 2.24) is 10.4 Å². The first-order valence-electron chi connectivity index (χ1n) is 6.74. The van der Waals surface area contributed by atoms with Crippen molar-refractivity contribution in [3.05, 3.63) is 44.7 Å². The number of hydrogen-bond donors (Lipinski definition) is 2. The van der Waals surface area contributed by atoms with Crippen molar-refractivity contribution in [1.29, 1.82) is 0 Å². The molecule has 0 bridgehead atoms. The minimum atomic E-state index is -0.701. The standard InChI is InChI=1S/C15H13Cl3N4O3/c1-24-8-3-4-9(25-2)7(5-8)6-20-22-15(23)13-10(16)12(19)11(17)14(18)21-13/h3-6H,1-2H3,(H2,19,21)(H,22,23)/b20-6+. The Morgan fingerprint density at radius 3 is 2.60 bits per heavy atom. The molecular weight excluding hydrogens is 391 g/mol. The van der Waals surface area contributed by atoms with Crippen LogP contribution in [0.5, 0.6) is 11.5 Å². The Hall–Kier alpha value is -2.22. The molecule has 0 saturated heterocycles. The summed E-state index contributed by atoms with van der Waals surface area (Å²) < 4.78 is 10.3. The highest BCUT2D eigenvalue weighted by Crippen LogP contribution is 2.34. The summed E-state index contributed by atoms with van der Waals surface area (Å²) in [6, 6.07) is 5.13. The third-order valence-electron chi connectivity index (χ3n) is 3.09. The molecule has 0 aliphatic heterocycles. The van der Waals surface area contributed by atoms with Crippen LogP contribution in [-0.4, -0.2) is 31.3 Å². The van der Waals surface area contributed by atoms with Crippen LogP contribution >= 0.6 is 34.8 Å². The molecule has 0 atom stereocenters. The fraction of sp³-hybridized carbons (Fsp3) is 0.133. The maximum atomic E-state index is 12.2. The Balaban J connectivity index is 2.22. The second-order valence-electron chi connectivity index (χ2n) is 4.60. The van der Waals surface area contributed by atoms with Crippen molar-refractivity contribution in [3.63, 3.8) is 0 Å². The number of rotatable bonds is 5. The number of carbonyl (C=O) groups excluding carboxylic acids is 1. The molecule has 0 unspecified atom stereocenters. The van der Waals surface area contributed by atoms with Crippen LogP contribution in [0.4, 0.5) is 5.69 Å². The molecule has 1 aromatic carbocycles. The second kappa shape index (κ2) is 8.24. The van der Waals surface area contributed by atoms with E-state index in [1.165, 1.54) is 20.4 Å². The SMILES string of the molecule is COc1ccc(OC)c(/C=N/NC(=O)c2nc(Cl)c(Cl)c(N)c2Cl)c1. The first-order valence-corrected chi connectivity index (χ1v) is 7.87. The molecule has 2 rings (SSSR count). The Bertz CT molecular complexity index is 843. The van der Waals surface area contributed by atoms with Gasteiger partial charge in [0, 0.05) is 5.56 Å². The summed E-state index contributed by atoms with van der Waals surface area (Å²) in [5.74, 6) is 0.456. The van der Waals surface area contributed by atoms with Crippen LogP contribution in [0.15, 0.2) is 23.3 Å². The summed E-state index contributed by atoms with van der Waals surface area (Å²) in [5.41, 5.74) is 8.32. The Kier molecular flexibility index (Phi) is 6.30. The molecule has 1 heterocycles. The number of methoxy groups -OCH3 is 2. The van der Waals surface area contributed by atoms with Gasteiger partial charge >= 0.3 is 0 Å². The first kappa shape index (κ1) is 19.1. The molecule has 1 amide bonds. The zero-order valence-corrected chi connectivity index (χ0v) is 15.4. The van der Waals surface area contributed by atoms with Crippen molar-refractivity contribution in [2.45, 2.75) is 0 Å². The second-order valence-corrected chi connectivity index (χ2v) is 5.71. The van der Waals surface area contributed by atoms with Crippen LogP contribution in [0.3, 0.4) is 0 Å². The number of halogens is 3. The predicted octanol–water partition coefficient (Wildman–Crippen LogP) is 3.41. The molecule has 132 valence electrons. The fourth-order valence-electron chi connectivity index (χ4n) is 1.84. The first-order chi connectivity index (χ1) is 11.9. The van der Waals surface area contributed by atoms with Gasteiger partial charge in [-0.3, -0.25) is 4.79 Å². The van der Waals surface area contributed by atoms with Crippen molar-refractivity contribution in [2.75, 3.05) is 20.0 Å². The highest BCUT2D eigenvalue weighted by atomic mass is 35.5. The summed E-state index contributed by atoms with van der Waals surface area (Å²) in [6.07, 6.45) is 1.38. The summed E-state index contributed by atoms with van der Waals surface area (Å²) in [6.45, 7) is 0. The van der Waals surface area contributed by atoms with Gasteiger partial charge in [0.15, 0.2) is 10.8 Å². The van der Waals surface area contributed by atoms with Gasteiger partial charge in [-0.1, -0.05) is 34.8 Å². The van der Waals surface area contributed by atoms with E-state index in [9.17, 15) is 4.79 Å². The minimum Gasteiger partial charge on any atom is -0.497 e. The molecule has 0 fully saturated rings. The van der Waals surface area contributed by atoms with E-state index in [0.717, 1.165) is 0 Å². The summed E-state index contributed by atoms with van der Waals surface area (Å²) in [5, 5.41) is 3.59. The zero-order valence-electron chi connectivity index (χ0n) is 13.1. The summed E-state index contributed by atoms with van der Waals surface area (Å²) >= 11 is 17.6. The topological polar surface area (TPSA) is 98.8 Å². The number of benzene rings is 1. The van der Waals surface area contributed by atoms with Gasteiger partial charge in [-0.05, 0) is 18.2 Å². The molecule has 3 N–H and O–H groups in total. The number of anilines is 1. The van der Waals surface area contributed by atoms with Crippen LogP contribution in [0.2, 0.25) is 15.2 Å². The van der Waals surface area contributed by atoms with Gasteiger partial charge in [0.05, 0.1) is 31.1 Å². The van der Waals surface area contributed by atoms with E-state index >= 15 is 0 Å². The molecule has 0 aliphatic rings. The average molecular weight is 404 g/mol. The molecule has 2 aromatic rings. The zero-order chi connectivity index (χ0) is 18.6. The number of aromatic nitrogens is 1. The summed E-state index contributed by atoms with van der Waals surface area (Å²) in [4.78, 5) is 16.0. The molecular formula is C15H13Cl3N4O3. The third kappa shape index (κ3) is 4.25. The molecule has 0 radical (unpaired) electrons. The fourth-order valence-corrected chi connectivity index (χ4v) is 2.43.